The van der Waals surface area contributed by atoms with Crippen LogP contribution in [-0.4, -0.2) is 111 Å². The highest BCUT2D eigenvalue weighted by Crippen LogP contribution is 2.33. The molecule has 2 aliphatic heterocycles. The van der Waals surface area contributed by atoms with Crippen molar-refractivity contribution < 1.29 is 76.1 Å². The third-order valence-corrected chi connectivity index (χ3v) is 8.58. The summed E-state index contributed by atoms with van der Waals surface area (Å²) in [6, 6.07) is 24.0. The minimum Gasteiger partial charge on any atom is -0.463 e. The molecule has 9 atom stereocenters. The molecule has 298 valence electrons. The highest BCUT2D eigenvalue weighted by atomic mass is 16.7. The van der Waals surface area contributed by atoms with Crippen molar-refractivity contribution in [1.82, 2.24) is 0 Å². The normalized spacial score (nSPS) is 25.8. The molecule has 0 spiro atoms. The van der Waals surface area contributed by atoms with Gasteiger partial charge in [0.15, 0.2) is 37.0 Å². The van der Waals surface area contributed by atoms with Gasteiger partial charge in [0.1, 0.15) is 24.9 Å². The molecular formula is C40H42O16. The van der Waals surface area contributed by atoms with E-state index in [-0.39, 0.29) is 29.7 Å². The summed E-state index contributed by atoms with van der Waals surface area (Å²) in [4.78, 5) is 76.6. The van der Waals surface area contributed by atoms with Gasteiger partial charge in [-0.25, -0.2) is 14.4 Å². The number of hydrogen-bond donors (Lipinski definition) is 0. The van der Waals surface area contributed by atoms with Crippen molar-refractivity contribution in [2.24, 2.45) is 0 Å². The van der Waals surface area contributed by atoms with Crippen LogP contribution in [0.3, 0.4) is 0 Å². The van der Waals surface area contributed by atoms with Crippen molar-refractivity contribution in [2.45, 2.75) is 82.5 Å². The van der Waals surface area contributed by atoms with E-state index in [0.29, 0.717) is 0 Å². The number of carbonyl (C=O) groups is 6. The molecule has 0 aliphatic carbocycles. The van der Waals surface area contributed by atoms with E-state index in [0.717, 1.165) is 6.92 Å². The lowest BCUT2D eigenvalue weighted by atomic mass is 9.97. The molecular weight excluding hydrogens is 736 g/mol. The Balaban J connectivity index is 1.48. The Morgan fingerprint density at radius 3 is 1.46 bits per heavy atom. The van der Waals surface area contributed by atoms with Crippen molar-refractivity contribution in [3.8, 4) is 0 Å². The van der Waals surface area contributed by atoms with Gasteiger partial charge in [-0.05, 0) is 36.4 Å². The minimum absolute atomic E-state index is 0.148. The summed E-state index contributed by atoms with van der Waals surface area (Å²) in [5.41, 5.74) is 0.470. The standard InChI is InChI=1S/C40H42O16/c1-23(41)48-21-30-33(51-25(3)43)29(50-24(2)42)20-32(52-30)49-22-31-34(54-37(44)26-14-8-5-9-15-26)35(55-38(45)27-16-10-6-11-17-27)36(40(47-4)53-31)56-39(46)28-18-12-7-13-19-28/h5-19,29-36,40H,20-22H2,1-4H3/t29-,30-,31-,32-,33+,34-,35+,36-,40+/m1/s1. The summed E-state index contributed by atoms with van der Waals surface area (Å²) in [5.74, 6) is -4.51. The van der Waals surface area contributed by atoms with Crippen molar-refractivity contribution in [2.75, 3.05) is 20.3 Å². The third kappa shape index (κ3) is 11.2. The fourth-order valence-electron chi connectivity index (χ4n) is 6.11. The summed E-state index contributed by atoms with van der Waals surface area (Å²) in [6.45, 7) is 2.67. The molecule has 0 unspecified atom stereocenters. The van der Waals surface area contributed by atoms with Gasteiger partial charge < -0.3 is 47.4 Å². The van der Waals surface area contributed by atoms with E-state index in [1.807, 2.05) is 0 Å². The van der Waals surface area contributed by atoms with Gasteiger partial charge in [-0.2, -0.15) is 0 Å². The maximum Gasteiger partial charge on any atom is 0.338 e. The summed E-state index contributed by atoms with van der Waals surface area (Å²) in [6.07, 6.45) is -12.0. The molecule has 2 saturated heterocycles. The van der Waals surface area contributed by atoms with Crippen LogP contribution in [0.25, 0.3) is 0 Å². The minimum atomic E-state index is -1.54. The molecule has 3 aromatic rings. The van der Waals surface area contributed by atoms with Gasteiger partial charge in [0.2, 0.25) is 0 Å². The Bertz CT molecular complexity index is 1800. The first-order valence-corrected chi connectivity index (χ1v) is 17.6. The van der Waals surface area contributed by atoms with Crippen LogP contribution in [0, 0.1) is 0 Å². The van der Waals surface area contributed by atoms with E-state index in [4.69, 9.17) is 47.4 Å². The fraction of sp³-hybridized carbons (Fsp3) is 0.400. The van der Waals surface area contributed by atoms with Gasteiger partial charge in [0, 0.05) is 34.3 Å². The number of ether oxygens (including phenoxy) is 10. The first kappa shape index (κ1) is 41.5. The van der Waals surface area contributed by atoms with Crippen LogP contribution in [0.5, 0.6) is 0 Å². The molecule has 0 bridgehead atoms. The monoisotopic (exact) mass is 778 g/mol. The van der Waals surface area contributed by atoms with E-state index in [2.05, 4.69) is 0 Å². The molecule has 5 rings (SSSR count). The molecule has 0 aromatic heterocycles. The Kier molecular flexibility index (Phi) is 14.6. The van der Waals surface area contributed by atoms with Gasteiger partial charge in [0.25, 0.3) is 0 Å². The second kappa shape index (κ2) is 19.8. The van der Waals surface area contributed by atoms with E-state index < -0.39 is 97.7 Å². The van der Waals surface area contributed by atoms with Crippen LogP contribution < -0.4 is 0 Å². The zero-order valence-electron chi connectivity index (χ0n) is 31.0. The highest BCUT2D eigenvalue weighted by Gasteiger charge is 2.54. The fourth-order valence-corrected chi connectivity index (χ4v) is 6.11. The molecule has 0 saturated carbocycles. The molecule has 56 heavy (non-hydrogen) atoms. The molecule has 16 heteroatoms. The number of rotatable bonds is 14. The zero-order chi connectivity index (χ0) is 40.2. The maximum absolute atomic E-state index is 13.7. The molecule has 0 N–H and O–H groups in total. The predicted octanol–water partition coefficient (Wildman–Crippen LogP) is 3.59. The van der Waals surface area contributed by atoms with Gasteiger partial charge in [-0.15, -0.1) is 0 Å². The number of carbonyl (C=O) groups excluding carboxylic acids is 6. The van der Waals surface area contributed by atoms with Gasteiger partial charge in [-0.1, -0.05) is 54.6 Å². The number of benzene rings is 3. The molecule has 2 heterocycles. The molecule has 0 radical (unpaired) electrons. The summed E-state index contributed by atoms with van der Waals surface area (Å²) < 4.78 is 58.0. The molecule has 2 fully saturated rings. The van der Waals surface area contributed by atoms with Crippen molar-refractivity contribution in [3.63, 3.8) is 0 Å². The van der Waals surface area contributed by atoms with Crippen molar-refractivity contribution >= 4 is 35.8 Å². The van der Waals surface area contributed by atoms with E-state index in [1.165, 1.54) is 57.4 Å². The highest BCUT2D eigenvalue weighted by molar-refractivity contribution is 5.91. The Labute approximate surface area is 322 Å². The van der Waals surface area contributed by atoms with E-state index in [1.54, 1.807) is 54.6 Å². The van der Waals surface area contributed by atoms with Crippen LogP contribution in [0.2, 0.25) is 0 Å². The number of esters is 6. The van der Waals surface area contributed by atoms with Crippen molar-refractivity contribution in [3.05, 3.63) is 108 Å². The summed E-state index contributed by atoms with van der Waals surface area (Å²) in [7, 11) is 1.28. The summed E-state index contributed by atoms with van der Waals surface area (Å²) >= 11 is 0. The topological polar surface area (TPSA) is 195 Å². The Hall–Kier alpha value is -5.68. The first-order valence-electron chi connectivity index (χ1n) is 17.6. The van der Waals surface area contributed by atoms with Crippen molar-refractivity contribution in [1.29, 1.82) is 0 Å². The largest absolute Gasteiger partial charge is 0.463 e. The van der Waals surface area contributed by atoms with Crippen LogP contribution in [0.1, 0.15) is 58.3 Å². The second-order valence-corrected chi connectivity index (χ2v) is 12.7. The third-order valence-electron chi connectivity index (χ3n) is 8.58. The van der Waals surface area contributed by atoms with Gasteiger partial charge in [-0.3, -0.25) is 14.4 Å². The average molecular weight is 779 g/mol. The zero-order valence-corrected chi connectivity index (χ0v) is 31.0. The van der Waals surface area contributed by atoms with Crippen LogP contribution >= 0.6 is 0 Å². The number of methoxy groups -OCH3 is 1. The van der Waals surface area contributed by atoms with Crippen LogP contribution in [0.4, 0.5) is 0 Å². The summed E-state index contributed by atoms with van der Waals surface area (Å²) in [5, 5.41) is 0. The molecule has 0 amide bonds. The molecule has 2 aliphatic rings. The SMILES string of the molecule is CO[C@H]1O[C@H](CO[C@H]2C[C@@H](OC(C)=O)[C@H](OC(C)=O)[C@@H](COC(C)=O)O2)[C@@H](OC(=O)c2ccccc2)[C@H](OC(=O)c2ccccc2)[C@H]1OC(=O)c1ccccc1. The van der Waals surface area contributed by atoms with Gasteiger partial charge in [0.05, 0.1) is 23.3 Å². The van der Waals surface area contributed by atoms with Crippen LogP contribution in [0.15, 0.2) is 91.0 Å². The lowest BCUT2D eigenvalue weighted by molar-refractivity contribution is -0.311. The molecule has 16 nitrogen and oxygen atoms in total. The Morgan fingerprint density at radius 1 is 0.536 bits per heavy atom. The van der Waals surface area contributed by atoms with Crippen LogP contribution in [-0.2, 0) is 61.8 Å². The lowest BCUT2D eigenvalue weighted by Gasteiger charge is -2.45. The number of hydrogen-bond acceptors (Lipinski definition) is 16. The quantitative estimate of drug-likeness (QED) is 0.170. The average Bonchev–Trinajstić information content (AvgIpc) is 3.19. The van der Waals surface area contributed by atoms with E-state index >= 15 is 0 Å². The van der Waals surface area contributed by atoms with E-state index in [9.17, 15) is 28.8 Å². The lowest BCUT2D eigenvalue weighted by Crippen LogP contribution is -2.63. The first-order chi connectivity index (χ1) is 26.9. The smallest absolute Gasteiger partial charge is 0.338 e. The maximum atomic E-state index is 13.7. The van der Waals surface area contributed by atoms with Gasteiger partial charge >= 0.3 is 35.8 Å². The Morgan fingerprint density at radius 2 is 1.00 bits per heavy atom. The predicted molar refractivity (Wildman–Crippen MR) is 190 cm³/mol. The molecule has 3 aromatic carbocycles. The second-order valence-electron chi connectivity index (χ2n) is 12.7.